The first-order chi connectivity index (χ1) is 19.7. The number of anilines is 1. The molecule has 0 saturated carbocycles. The molecule has 0 spiro atoms. The molecule has 10 heteroatoms. The van der Waals surface area contributed by atoms with Crippen LogP contribution in [0.3, 0.4) is 0 Å². The van der Waals surface area contributed by atoms with Gasteiger partial charge in [-0.15, -0.1) is 0 Å². The molecule has 1 amide bonds. The maximum Gasteiger partial charge on any atom is 0.417 e. The van der Waals surface area contributed by atoms with Crippen molar-refractivity contribution in [2.45, 2.75) is 32.4 Å². The van der Waals surface area contributed by atoms with Crippen LogP contribution in [0.5, 0.6) is 5.75 Å². The number of aryl methyl sites for hydroxylation is 1. The van der Waals surface area contributed by atoms with Crippen molar-refractivity contribution in [3.8, 4) is 16.9 Å². The van der Waals surface area contributed by atoms with Crippen LogP contribution in [-0.2, 0) is 17.4 Å². The summed E-state index contributed by atoms with van der Waals surface area (Å²) >= 11 is 0. The van der Waals surface area contributed by atoms with E-state index in [1.165, 1.54) is 6.07 Å². The summed E-state index contributed by atoms with van der Waals surface area (Å²) in [6.45, 7) is 4.48. The van der Waals surface area contributed by atoms with Crippen LogP contribution in [0.15, 0.2) is 66.4 Å². The number of imidazole rings is 1. The van der Waals surface area contributed by atoms with Crippen molar-refractivity contribution in [2.24, 2.45) is 0 Å². The highest BCUT2D eigenvalue weighted by molar-refractivity contribution is 5.82. The third-order valence-electron chi connectivity index (χ3n) is 7.70. The van der Waals surface area contributed by atoms with E-state index in [0.29, 0.717) is 57.9 Å². The summed E-state index contributed by atoms with van der Waals surface area (Å²) in [5.41, 5.74) is 5.48. The molecule has 0 radical (unpaired) electrons. The number of ether oxygens (including phenoxy) is 1. The molecule has 1 fully saturated rings. The second-order valence-corrected chi connectivity index (χ2v) is 10.5. The van der Waals surface area contributed by atoms with Crippen molar-refractivity contribution in [1.82, 2.24) is 19.9 Å². The number of fused-ring (bicyclic) bond motifs is 2. The van der Waals surface area contributed by atoms with Crippen molar-refractivity contribution in [2.75, 3.05) is 37.7 Å². The Hall–Kier alpha value is -4.34. The number of H-pyrrole nitrogens is 1. The standard InChI is InChI=1S/C31H30F3N5O2/c1-20-36-26-7-4-23(18-27(26)37-20)22-5-8-28-24(17-22)3-2-21(10-15-41-28)16-30(40)39-13-11-38(12-14-39)29-9-6-25(19-35-29)31(32,33)34/h2,4-9,17-19H,3,10-16H2,1H3,(H,36,37)/b21-2+. The van der Waals surface area contributed by atoms with Gasteiger partial charge in [0.15, 0.2) is 0 Å². The van der Waals surface area contributed by atoms with Gasteiger partial charge in [-0.3, -0.25) is 4.79 Å². The Morgan fingerprint density at radius 3 is 2.56 bits per heavy atom. The van der Waals surface area contributed by atoms with Crippen LogP contribution >= 0.6 is 0 Å². The number of hydrogen-bond acceptors (Lipinski definition) is 5. The highest BCUT2D eigenvalue weighted by Gasteiger charge is 2.31. The molecule has 0 bridgehead atoms. The number of hydrogen-bond donors (Lipinski definition) is 1. The number of aromatic amines is 1. The fourth-order valence-corrected chi connectivity index (χ4v) is 5.42. The Balaban J connectivity index is 1.08. The Morgan fingerprint density at radius 2 is 1.80 bits per heavy atom. The van der Waals surface area contributed by atoms with Crippen molar-refractivity contribution >= 4 is 22.8 Å². The molecule has 4 heterocycles. The predicted molar refractivity (Wildman–Crippen MR) is 151 cm³/mol. The number of halogens is 3. The number of rotatable bonds is 4. The van der Waals surface area contributed by atoms with Crippen molar-refractivity contribution in [3.05, 3.63) is 83.3 Å². The molecule has 0 unspecified atom stereocenters. The number of nitrogens with zero attached hydrogens (tertiary/aromatic N) is 4. The van der Waals surface area contributed by atoms with E-state index in [4.69, 9.17) is 4.74 Å². The highest BCUT2D eigenvalue weighted by Crippen LogP contribution is 2.32. The van der Waals surface area contributed by atoms with Crippen molar-refractivity contribution in [1.29, 1.82) is 0 Å². The fourth-order valence-electron chi connectivity index (χ4n) is 5.42. The van der Waals surface area contributed by atoms with Crippen LogP contribution in [0, 0.1) is 6.92 Å². The number of pyridine rings is 1. The van der Waals surface area contributed by atoms with Gasteiger partial charge in [-0.1, -0.05) is 23.8 Å². The summed E-state index contributed by atoms with van der Waals surface area (Å²) in [5, 5.41) is 0. The molecule has 0 aliphatic carbocycles. The topological polar surface area (TPSA) is 74.3 Å². The summed E-state index contributed by atoms with van der Waals surface area (Å²) in [6, 6.07) is 14.9. The van der Waals surface area contributed by atoms with Crippen LogP contribution in [0.1, 0.15) is 29.8 Å². The first-order valence-corrected chi connectivity index (χ1v) is 13.7. The summed E-state index contributed by atoms with van der Waals surface area (Å²) in [6.07, 6.45) is 0.269. The second kappa shape index (κ2) is 10.9. The summed E-state index contributed by atoms with van der Waals surface area (Å²) in [5.74, 6) is 2.28. The average Bonchev–Trinajstić information content (AvgIpc) is 3.34. The minimum atomic E-state index is -4.41. The molecule has 2 aromatic carbocycles. The van der Waals surface area contributed by atoms with E-state index in [1.54, 1.807) is 0 Å². The molecule has 41 heavy (non-hydrogen) atoms. The number of aromatic nitrogens is 3. The van der Waals surface area contributed by atoms with Gasteiger partial charge in [0.25, 0.3) is 0 Å². The zero-order valence-corrected chi connectivity index (χ0v) is 22.7. The van der Waals surface area contributed by atoms with E-state index >= 15 is 0 Å². The third kappa shape index (κ3) is 5.91. The van der Waals surface area contributed by atoms with Gasteiger partial charge in [0.2, 0.25) is 5.91 Å². The fraction of sp³-hybridized carbons (Fsp3) is 0.323. The molecule has 7 nitrogen and oxygen atoms in total. The molecule has 1 N–H and O–H groups in total. The molecule has 2 aromatic heterocycles. The third-order valence-corrected chi connectivity index (χ3v) is 7.70. The Labute approximate surface area is 235 Å². The van der Waals surface area contributed by atoms with Gasteiger partial charge in [-0.2, -0.15) is 13.2 Å². The lowest BCUT2D eigenvalue weighted by Gasteiger charge is -2.35. The Morgan fingerprint density at radius 1 is 1.02 bits per heavy atom. The van der Waals surface area contributed by atoms with Crippen LogP contribution in [0.4, 0.5) is 19.0 Å². The van der Waals surface area contributed by atoms with Gasteiger partial charge in [0.1, 0.15) is 17.4 Å². The van der Waals surface area contributed by atoms with E-state index < -0.39 is 11.7 Å². The van der Waals surface area contributed by atoms with E-state index in [-0.39, 0.29) is 5.91 Å². The molecule has 4 aromatic rings. The monoisotopic (exact) mass is 561 g/mol. The average molecular weight is 562 g/mol. The number of amides is 1. The Bertz CT molecular complexity index is 1600. The lowest BCUT2D eigenvalue weighted by molar-refractivity contribution is -0.137. The van der Waals surface area contributed by atoms with E-state index in [9.17, 15) is 18.0 Å². The zero-order valence-electron chi connectivity index (χ0n) is 22.7. The van der Waals surface area contributed by atoms with Gasteiger partial charge in [-0.05, 0) is 66.4 Å². The summed E-state index contributed by atoms with van der Waals surface area (Å²) < 4.78 is 44.6. The molecule has 1 saturated heterocycles. The molecular weight excluding hydrogens is 531 g/mol. The van der Waals surface area contributed by atoms with Crippen LogP contribution in [0.2, 0.25) is 0 Å². The quantitative estimate of drug-likeness (QED) is 0.312. The summed E-state index contributed by atoms with van der Waals surface area (Å²) in [4.78, 5) is 28.6. The molecule has 2 aliphatic heterocycles. The lowest BCUT2D eigenvalue weighted by atomic mass is 9.97. The number of carbonyl (C=O) groups excluding carboxylic acids is 1. The number of carbonyl (C=O) groups is 1. The first kappa shape index (κ1) is 26.9. The minimum Gasteiger partial charge on any atom is -0.493 e. The molecule has 0 atom stereocenters. The van der Waals surface area contributed by atoms with Gasteiger partial charge in [0, 0.05) is 45.2 Å². The maximum atomic E-state index is 13.1. The van der Waals surface area contributed by atoms with Gasteiger partial charge >= 0.3 is 6.18 Å². The highest BCUT2D eigenvalue weighted by atomic mass is 19.4. The Kier molecular flexibility index (Phi) is 7.15. The van der Waals surface area contributed by atoms with Crippen LogP contribution < -0.4 is 9.64 Å². The number of nitrogens with one attached hydrogen (secondary N) is 1. The second-order valence-electron chi connectivity index (χ2n) is 10.5. The normalized spacial score (nSPS) is 17.3. The van der Waals surface area contributed by atoms with Crippen molar-refractivity contribution < 1.29 is 22.7 Å². The van der Waals surface area contributed by atoms with Crippen molar-refractivity contribution in [3.63, 3.8) is 0 Å². The van der Waals surface area contributed by atoms with Gasteiger partial charge in [0.05, 0.1) is 23.2 Å². The van der Waals surface area contributed by atoms with Gasteiger partial charge < -0.3 is 19.5 Å². The SMILES string of the molecule is Cc1nc2ccc(-c3ccc4c(c3)C/C=C(/CC(=O)N3CCN(c5ccc(C(F)(F)F)cn5)CC3)CCO4)cc2[nH]1. The first-order valence-electron chi connectivity index (χ1n) is 13.7. The zero-order chi connectivity index (χ0) is 28.6. The van der Waals surface area contributed by atoms with Crippen LogP contribution in [0.25, 0.3) is 22.2 Å². The number of piperazine rings is 1. The predicted octanol–water partition coefficient (Wildman–Crippen LogP) is 5.94. The molecular formula is C31H30F3N5O2. The minimum absolute atomic E-state index is 0.0500. The maximum absolute atomic E-state index is 13.1. The van der Waals surface area contributed by atoms with E-state index in [2.05, 4.69) is 45.3 Å². The van der Waals surface area contributed by atoms with E-state index in [0.717, 1.165) is 57.1 Å². The van der Waals surface area contributed by atoms with E-state index in [1.807, 2.05) is 28.9 Å². The molecule has 6 rings (SSSR count). The summed E-state index contributed by atoms with van der Waals surface area (Å²) in [7, 11) is 0. The van der Waals surface area contributed by atoms with Gasteiger partial charge in [-0.25, -0.2) is 9.97 Å². The molecule has 2 aliphatic rings. The number of benzene rings is 2. The number of allylic oxidation sites excluding steroid dienone is 1. The molecule has 212 valence electrons. The van der Waals surface area contributed by atoms with Crippen LogP contribution in [-0.4, -0.2) is 58.5 Å². The number of alkyl halides is 3. The lowest BCUT2D eigenvalue weighted by Crippen LogP contribution is -2.49. The smallest absolute Gasteiger partial charge is 0.417 e. The largest absolute Gasteiger partial charge is 0.493 e.